The van der Waals surface area contributed by atoms with Crippen molar-refractivity contribution in [3.63, 3.8) is 0 Å². The van der Waals surface area contributed by atoms with Gasteiger partial charge in [0, 0.05) is 5.69 Å². The lowest BCUT2D eigenvalue weighted by atomic mass is 10.2. The zero-order valence-corrected chi connectivity index (χ0v) is 11.7. The summed E-state index contributed by atoms with van der Waals surface area (Å²) in [7, 11) is 0. The number of nitrogens with zero attached hydrogens (tertiary/aromatic N) is 2. The summed E-state index contributed by atoms with van der Waals surface area (Å²) in [5.74, 6) is 0.876. The fourth-order valence-corrected chi connectivity index (χ4v) is 3.63. The zero-order valence-electron chi connectivity index (χ0n) is 10.1. The van der Waals surface area contributed by atoms with Crippen molar-refractivity contribution in [3.8, 4) is 0 Å². The summed E-state index contributed by atoms with van der Waals surface area (Å²) in [6, 6.07) is 6.26. The topological polar surface area (TPSA) is 53.6 Å². The lowest BCUT2D eigenvalue weighted by Gasteiger charge is -2.09. The number of H-pyrrole nitrogens is 1. The van der Waals surface area contributed by atoms with Gasteiger partial charge in [-0.15, -0.1) is 11.3 Å². The molecular weight excluding hydrogens is 276 g/mol. The van der Waals surface area contributed by atoms with E-state index in [0.29, 0.717) is 0 Å². The van der Waals surface area contributed by atoms with Crippen LogP contribution in [0.2, 0.25) is 0 Å². The van der Waals surface area contributed by atoms with Gasteiger partial charge in [-0.2, -0.15) is 0 Å². The Hall–Kier alpha value is -1.92. The minimum Gasteiger partial charge on any atom is -0.340 e. The Kier molecular flexibility index (Phi) is 2.33. The summed E-state index contributed by atoms with van der Waals surface area (Å²) in [6.07, 6.45) is 1.61. The molecule has 4 nitrogen and oxygen atoms in total. The third kappa shape index (κ3) is 1.72. The summed E-state index contributed by atoms with van der Waals surface area (Å²) in [5, 5.41) is 6.62. The maximum Gasteiger partial charge on any atom is 0.142 e. The molecule has 0 amide bonds. The van der Waals surface area contributed by atoms with Crippen LogP contribution < -0.4 is 5.32 Å². The second-order valence-corrected chi connectivity index (χ2v) is 6.07. The van der Waals surface area contributed by atoms with E-state index in [2.05, 4.69) is 50.2 Å². The second kappa shape index (κ2) is 4.04. The van der Waals surface area contributed by atoms with Crippen LogP contribution in [-0.2, 0) is 0 Å². The summed E-state index contributed by atoms with van der Waals surface area (Å²) in [5.41, 5.74) is 3.46. The predicted octanol–water partition coefficient (Wildman–Crippen LogP) is 4.29. The van der Waals surface area contributed by atoms with Gasteiger partial charge in [0.05, 0.1) is 15.6 Å². The summed E-state index contributed by atoms with van der Waals surface area (Å²) >= 11 is 3.29. The van der Waals surface area contributed by atoms with Crippen molar-refractivity contribution in [2.45, 2.75) is 6.92 Å². The maximum atomic E-state index is 4.37. The number of aryl methyl sites for hydroxylation is 1. The van der Waals surface area contributed by atoms with E-state index in [1.54, 1.807) is 29.2 Å². The lowest BCUT2D eigenvalue weighted by Crippen LogP contribution is -1.95. The second-order valence-electron chi connectivity index (χ2n) is 4.36. The predicted molar refractivity (Wildman–Crippen MR) is 81.6 cm³/mol. The number of thiophene rings is 1. The highest BCUT2D eigenvalue weighted by Crippen LogP contribution is 2.31. The van der Waals surface area contributed by atoms with E-state index in [9.17, 15) is 0 Å². The molecule has 0 spiro atoms. The normalized spacial score (nSPS) is 11.4. The van der Waals surface area contributed by atoms with E-state index in [-0.39, 0.29) is 0 Å². The monoisotopic (exact) mass is 286 g/mol. The van der Waals surface area contributed by atoms with Crippen LogP contribution in [0.15, 0.2) is 29.9 Å². The van der Waals surface area contributed by atoms with Crippen LogP contribution in [0.3, 0.4) is 0 Å². The van der Waals surface area contributed by atoms with Crippen LogP contribution in [0, 0.1) is 6.92 Å². The van der Waals surface area contributed by atoms with E-state index in [1.807, 2.05) is 0 Å². The Morgan fingerprint density at radius 3 is 3.00 bits per heavy atom. The Balaban J connectivity index is 1.81. The van der Waals surface area contributed by atoms with Gasteiger partial charge in [-0.1, -0.05) is 11.5 Å². The Labute approximate surface area is 117 Å². The van der Waals surface area contributed by atoms with E-state index in [4.69, 9.17) is 0 Å². The molecular formula is C13H10N4S2. The molecule has 0 aliphatic carbocycles. The SMILES string of the molecule is Cc1csc2ncnc(Nc3ccc4[nH]sc4c3)c12. The number of aromatic amines is 1. The van der Waals surface area contributed by atoms with Crippen molar-refractivity contribution in [2.75, 3.05) is 5.32 Å². The number of nitrogens with one attached hydrogen (secondary N) is 2. The molecule has 4 aromatic rings. The highest BCUT2D eigenvalue weighted by Gasteiger charge is 2.09. The smallest absolute Gasteiger partial charge is 0.142 e. The molecule has 0 atom stereocenters. The van der Waals surface area contributed by atoms with Crippen molar-refractivity contribution in [1.82, 2.24) is 14.3 Å². The molecule has 3 aromatic heterocycles. The van der Waals surface area contributed by atoms with Crippen molar-refractivity contribution >= 4 is 54.8 Å². The van der Waals surface area contributed by atoms with Crippen molar-refractivity contribution < 1.29 is 0 Å². The Morgan fingerprint density at radius 2 is 2.21 bits per heavy atom. The number of rotatable bonds is 2. The van der Waals surface area contributed by atoms with Crippen LogP contribution in [0.25, 0.3) is 20.4 Å². The number of fused-ring (bicyclic) bond motifs is 2. The Bertz CT molecular complexity index is 871. The highest BCUT2D eigenvalue weighted by molar-refractivity contribution is 7.17. The molecule has 0 unspecified atom stereocenters. The highest BCUT2D eigenvalue weighted by atomic mass is 32.1. The largest absolute Gasteiger partial charge is 0.340 e. The fourth-order valence-electron chi connectivity index (χ4n) is 2.08. The molecule has 0 bridgehead atoms. The zero-order chi connectivity index (χ0) is 12.8. The minimum atomic E-state index is 0.876. The molecule has 6 heteroatoms. The first-order chi connectivity index (χ1) is 9.31. The van der Waals surface area contributed by atoms with Crippen LogP contribution in [-0.4, -0.2) is 14.3 Å². The molecule has 0 saturated heterocycles. The van der Waals surface area contributed by atoms with Crippen LogP contribution in [0.4, 0.5) is 11.5 Å². The molecule has 0 radical (unpaired) electrons. The molecule has 3 heterocycles. The summed E-state index contributed by atoms with van der Waals surface area (Å²) in [6.45, 7) is 2.09. The third-order valence-electron chi connectivity index (χ3n) is 3.07. The van der Waals surface area contributed by atoms with Crippen LogP contribution in [0.1, 0.15) is 5.56 Å². The Morgan fingerprint density at radius 1 is 1.26 bits per heavy atom. The average Bonchev–Trinajstić information content (AvgIpc) is 2.76. The first kappa shape index (κ1) is 11.0. The first-order valence-electron chi connectivity index (χ1n) is 5.84. The van der Waals surface area contributed by atoms with E-state index in [1.165, 1.54) is 15.8 Å². The van der Waals surface area contributed by atoms with Crippen molar-refractivity contribution in [2.24, 2.45) is 0 Å². The van der Waals surface area contributed by atoms with Crippen molar-refractivity contribution in [3.05, 3.63) is 35.5 Å². The van der Waals surface area contributed by atoms with Gasteiger partial charge in [-0.05, 0) is 36.1 Å². The van der Waals surface area contributed by atoms with Gasteiger partial charge < -0.3 is 9.69 Å². The third-order valence-corrected chi connectivity index (χ3v) is 4.95. The molecule has 0 aliphatic rings. The summed E-state index contributed by atoms with van der Waals surface area (Å²) in [4.78, 5) is 9.69. The molecule has 1 aromatic carbocycles. The quantitative estimate of drug-likeness (QED) is 0.578. The van der Waals surface area contributed by atoms with Gasteiger partial charge in [0.15, 0.2) is 0 Å². The van der Waals surface area contributed by atoms with Crippen LogP contribution in [0.5, 0.6) is 0 Å². The minimum absolute atomic E-state index is 0.876. The molecule has 0 saturated carbocycles. The molecule has 0 aliphatic heterocycles. The molecule has 0 fully saturated rings. The average molecular weight is 286 g/mol. The number of anilines is 2. The fraction of sp³-hybridized carbons (Fsp3) is 0.0769. The lowest BCUT2D eigenvalue weighted by molar-refractivity contribution is 1.23. The van der Waals surface area contributed by atoms with Crippen molar-refractivity contribution in [1.29, 1.82) is 0 Å². The molecule has 19 heavy (non-hydrogen) atoms. The van der Waals surface area contributed by atoms with Gasteiger partial charge in [-0.25, -0.2) is 9.97 Å². The van der Waals surface area contributed by atoms with Gasteiger partial charge in [-0.3, -0.25) is 0 Å². The van der Waals surface area contributed by atoms with Crippen LogP contribution >= 0.6 is 22.9 Å². The molecule has 2 N–H and O–H groups in total. The van der Waals surface area contributed by atoms with E-state index >= 15 is 0 Å². The molecule has 94 valence electrons. The van der Waals surface area contributed by atoms with E-state index < -0.39 is 0 Å². The number of benzene rings is 1. The van der Waals surface area contributed by atoms with E-state index in [0.717, 1.165) is 21.7 Å². The maximum absolute atomic E-state index is 4.37. The molecule has 4 rings (SSSR count). The first-order valence-corrected chi connectivity index (χ1v) is 7.53. The number of aromatic nitrogens is 3. The van der Waals surface area contributed by atoms with Gasteiger partial charge in [0.2, 0.25) is 0 Å². The number of hydrogen-bond donors (Lipinski definition) is 2. The standard InChI is InChI=1S/C13H10N4S2/c1-7-5-18-13-11(7)12(14-6-15-13)16-8-2-3-9-10(4-8)19-17-9/h2-6,17H,1H3,(H,14,15,16). The van der Waals surface area contributed by atoms with Gasteiger partial charge >= 0.3 is 0 Å². The van der Waals surface area contributed by atoms with Gasteiger partial charge in [0.1, 0.15) is 17.0 Å². The number of hydrogen-bond acceptors (Lipinski definition) is 5. The summed E-state index contributed by atoms with van der Waals surface area (Å²) < 4.78 is 4.44. The van der Waals surface area contributed by atoms with Gasteiger partial charge in [0.25, 0.3) is 0 Å².